The van der Waals surface area contributed by atoms with Crippen LogP contribution in [0.1, 0.15) is 10.4 Å². The zero-order chi connectivity index (χ0) is 11.5. The molecule has 82 valence electrons. The van der Waals surface area contributed by atoms with Crippen molar-refractivity contribution in [2.45, 2.75) is 0 Å². The van der Waals surface area contributed by atoms with Crippen molar-refractivity contribution in [3.05, 3.63) is 42.0 Å². The van der Waals surface area contributed by atoms with E-state index in [0.717, 1.165) is 5.39 Å². The third-order valence-corrected chi connectivity index (χ3v) is 2.48. The highest BCUT2D eigenvalue weighted by molar-refractivity contribution is 6.10. The summed E-state index contributed by atoms with van der Waals surface area (Å²) in [6, 6.07) is 10.4. The molecule has 0 heterocycles. The molecule has 0 aliphatic rings. The average Bonchev–Trinajstić information content (AvgIpc) is 2.30. The molecule has 16 heavy (non-hydrogen) atoms. The van der Waals surface area contributed by atoms with Crippen LogP contribution in [0.15, 0.2) is 36.4 Å². The molecule has 0 aliphatic heterocycles. The first-order valence-corrected chi connectivity index (χ1v) is 4.97. The van der Waals surface area contributed by atoms with Crippen molar-refractivity contribution >= 4 is 16.6 Å². The lowest BCUT2D eigenvalue weighted by atomic mass is 10.0. The summed E-state index contributed by atoms with van der Waals surface area (Å²) in [5, 5.41) is 11.1. The summed E-state index contributed by atoms with van der Waals surface area (Å²) >= 11 is 0. The fourth-order valence-electron chi connectivity index (χ4n) is 1.74. The third-order valence-electron chi connectivity index (χ3n) is 2.48. The van der Waals surface area contributed by atoms with E-state index in [9.17, 15) is 9.90 Å². The second-order valence-corrected chi connectivity index (χ2v) is 3.53. The number of ether oxygens (including phenoxy) is 1. The van der Waals surface area contributed by atoms with Gasteiger partial charge in [-0.2, -0.15) is 0 Å². The summed E-state index contributed by atoms with van der Waals surface area (Å²) in [5.74, 6) is 0.100. The minimum Gasteiger partial charge on any atom is -0.507 e. The molecule has 3 nitrogen and oxygen atoms in total. The quantitative estimate of drug-likeness (QED) is 0.801. The van der Waals surface area contributed by atoms with Gasteiger partial charge in [-0.1, -0.05) is 24.3 Å². The van der Waals surface area contributed by atoms with Gasteiger partial charge in [0.05, 0.1) is 0 Å². The first-order valence-electron chi connectivity index (χ1n) is 4.97. The van der Waals surface area contributed by atoms with Crippen molar-refractivity contribution in [2.24, 2.45) is 0 Å². The van der Waals surface area contributed by atoms with Crippen LogP contribution in [0.2, 0.25) is 0 Å². The maximum absolute atomic E-state index is 11.8. The maximum atomic E-state index is 11.8. The molecule has 1 N–H and O–H groups in total. The van der Waals surface area contributed by atoms with E-state index >= 15 is 0 Å². The normalized spacial score (nSPS) is 10.6. The molecule has 3 heteroatoms. The lowest BCUT2D eigenvalue weighted by Gasteiger charge is -2.06. The molecule has 2 aromatic carbocycles. The molecule has 0 fully saturated rings. The van der Waals surface area contributed by atoms with E-state index in [0.29, 0.717) is 10.9 Å². The molecule has 0 atom stereocenters. The molecule has 0 unspecified atom stereocenters. The Morgan fingerprint density at radius 2 is 1.88 bits per heavy atom. The number of hydrogen-bond donors (Lipinski definition) is 1. The topological polar surface area (TPSA) is 46.5 Å². The van der Waals surface area contributed by atoms with Gasteiger partial charge in [0.2, 0.25) is 0 Å². The molecule has 2 aromatic rings. The van der Waals surface area contributed by atoms with Crippen molar-refractivity contribution < 1.29 is 14.6 Å². The average molecular weight is 216 g/mol. The van der Waals surface area contributed by atoms with Gasteiger partial charge in [0, 0.05) is 18.1 Å². The van der Waals surface area contributed by atoms with Crippen molar-refractivity contribution in [2.75, 3.05) is 13.7 Å². The Bertz CT molecular complexity index is 532. The van der Waals surface area contributed by atoms with Crippen LogP contribution < -0.4 is 0 Å². The van der Waals surface area contributed by atoms with E-state index < -0.39 is 0 Å². The second kappa shape index (κ2) is 4.33. The Kier molecular flexibility index (Phi) is 2.88. The molecular formula is C13H12O3. The maximum Gasteiger partial charge on any atom is 0.189 e. The van der Waals surface area contributed by atoms with Gasteiger partial charge in [-0.3, -0.25) is 4.79 Å². The number of aromatic hydroxyl groups is 1. The summed E-state index contributed by atoms with van der Waals surface area (Å²) < 4.78 is 4.83. The molecule has 0 aromatic heterocycles. The Morgan fingerprint density at radius 3 is 2.56 bits per heavy atom. The molecule has 0 radical (unpaired) electrons. The number of methoxy groups -OCH3 is 1. The number of phenols is 1. The van der Waals surface area contributed by atoms with E-state index in [1.807, 2.05) is 18.2 Å². The second-order valence-electron chi connectivity index (χ2n) is 3.53. The van der Waals surface area contributed by atoms with E-state index in [2.05, 4.69) is 0 Å². The van der Waals surface area contributed by atoms with Crippen molar-refractivity contribution in [3.8, 4) is 5.75 Å². The predicted molar refractivity (Wildman–Crippen MR) is 61.8 cm³/mol. The first-order chi connectivity index (χ1) is 7.74. The van der Waals surface area contributed by atoms with Crippen LogP contribution in [0.25, 0.3) is 10.8 Å². The summed E-state index contributed by atoms with van der Waals surface area (Å²) in [6.07, 6.45) is 0. The van der Waals surface area contributed by atoms with Crippen LogP contribution in [-0.2, 0) is 4.74 Å². The first kappa shape index (κ1) is 10.6. The van der Waals surface area contributed by atoms with Gasteiger partial charge in [-0.05, 0) is 17.5 Å². The van der Waals surface area contributed by atoms with Gasteiger partial charge in [0.25, 0.3) is 0 Å². The van der Waals surface area contributed by atoms with E-state index in [1.54, 1.807) is 12.1 Å². The fraction of sp³-hybridized carbons (Fsp3) is 0.154. The molecule has 2 rings (SSSR count). The van der Waals surface area contributed by atoms with Gasteiger partial charge in [-0.25, -0.2) is 0 Å². The predicted octanol–water partition coefficient (Wildman–Crippen LogP) is 2.37. The van der Waals surface area contributed by atoms with Crippen LogP contribution in [0, 0.1) is 0 Å². The highest BCUT2D eigenvalue weighted by atomic mass is 16.5. The Morgan fingerprint density at radius 1 is 1.19 bits per heavy atom. The van der Waals surface area contributed by atoms with Crippen molar-refractivity contribution in [1.82, 2.24) is 0 Å². The lowest BCUT2D eigenvalue weighted by molar-refractivity contribution is 0.0850. The monoisotopic (exact) mass is 216 g/mol. The van der Waals surface area contributed by atoms with Gasteiger partial charge in [-0.15, -0.1) is 0 Å². The Balaban J connectivity index is 2.63. The van der Waals surface area contributed by atoms with Crippen LogP contribution in [0.4, 0.5) is 0 Å². The fourth-order valence-corrected chi connectivity index (χ4v) is 1.74. The van der Waals surface area contributed by atoms with Crippen LogP contribution in [-0.4, -0.2) is 24.6 Å². The van der Waals surface area contributed by atoms with Crippen molar-refractivity contribution in [3.63, 3.8) is 0 Å². The number of carbonyl (C=O) groups excluding carboxylic acids is 1. The minimum absolute atomic E-state index is 0.0504. The highest BCUT2D eigenvalue weighted by Crippen LogP contribution is 2.27. The SMILES string of the molecule is COCC(=O)c1ccc(O)c2ccccc12. The molecule has 0 spiro atoms. The van der Waals surface area contributed by atoms with Crippen LogP contribution in [0.5, 0.6) is 5.75 Å². The number of ketones is 1. The number of hydrogen-bond acceptors (Lipinski definition) is 3. The molecular weight excluding hydrogens is 204 g/mol. The number of fused-ring (bicyclic) bond motifs is 1. The van der Waals surface area contributed by atoms with Gasteiger partial charge >= 0.3 is 0 Å². The molecule has 0 amide bonds. The third kappa shape index (κ3) is 1.77. The molecule has 0 bridgehead atoms. The number of phenolic OH excluding ortho intramolecular Hbond substituents is 1. The molecule has 0 saturated heterocycles. The van der Waals surface area contributed by atoms with Crippen molar-refractivity contribution in [1.29, 1.82) is 0 Å². The Hall–Kier alpha value is -1.87. The zero-order valence-corrected chi connectivity index (χ0v) is 8.93. The minimum atomic E-state index is -0.0845. The van der Waals surface area contributed by atoms with Crippen LogP contribution >= 0.6 is 0 Å². The molecule has 0 saturated carbocycles. The van der Waals surface area contributed by atoms with E-state index in [1.165, 1.54) is 13.2 Å². The standard InChI is InChI=1S/C13H12O3/c1-16-8-13(15)11-6-7-12(14)10-5-3-2-4-9(10)11/h2-7,14H,8H2,1H3. The number of Topliss-reactive ketones (excluding diaryl/α,β-unsaturated/α-hetero) is 1. The lowest BCUT2D eigenvalue weighted by Crippen LogP contribution is -2.07. The zero-order valence-electron chi connectivity index (χ0n) is 8.93. The summed E-state index contributed by atoms with van der Waals surface area (Å²) in [4.78, 5) is 11.8. The Labute approximate surface area is 93.3 Å². The number of rotatable bonds is 3. The van der Waals surface area contributed by atoms with E-state index in [-0.39, 0.29) is 18.1 Å². The van der Waals surface area contributed by atoms with Gasteiger partial charge < -0.3 is 9.84 Å². The van der Waals surface area contributed by atoms with Gasteiger partial charge in [0.1, 0.15) is 12.4 Å². The molecule has 0 aliphatic carbocycles. The largest absolute Gasteiger partial charge is 0.507 e. The van der Waals surface area contributed by atoms with Crippen LogP contribution in [0.3, 0.4) is 0 Å². The smallest absolute Gasteiger partial charge is 0.189 e. The summed E-state index contributed by atoms with van der Waals surface area (Å²) in [7, 11) is 1.49. The number of benzene rings is 2. The van der Waals surface area contributed by atoms with Gasteiger partial charge in [0.15, 0.2) is 5.78 Å². The van der Waals surface area contributed by atoms with E-state index in [4.69, 9.17) is 4.74 Å². The highest BCUT2D eigenvalue weighted by Gasteiger charge is 2.11. The summed E-state index contributed by atoms with van der Waals surface area (Å²) in [6.45, 7) is 0.0504. The summed E-state index contributed by atoms with van der Waals surface area (Å²) in [5.41, 5.74) is 0.579. The number of carbonyl (C=O) groups is 1.